The third kappa shape index (κ3) is 4.76. The van der Waals surface area contributed by atoms with Crippen molar-refractivity contribution >= 4 is 23.0 Å². The Morgan fingerprint density at radius 3 is 2.14 bits per heavy atom. The fourth-order valence-corrected chi connectivity index (χ4v) is 3.95. The number of hydrogen-bond donors (Lipinski definition) is 2. The van der Waals surface area contributed by atoms with Crippen molar-refractivity contribution in [3.05, 3.63) is 42.2 Å². The number of aromatic nitrogens is 2. The van der Waals surface area contributed by atoms with Crippen LogP contribution in [-0.2, 0) is 15.8 Å². The van der Waals surface area contributed by atoms with Crippen molar-refractivity contribution in [2.24, 2.45) is 5.92 Å². The zero-order valence-electron chi connectivity index (χ0n) is 15.3. The average molecular weight is 411 g/mol. The highest BCUT2D eigenvalue weighted by molar-refractivity contribution is 5.89. The number of halogens is 3. The number of nitrogens with zero attached hydrogens (tertiary/aromatic N) is 3. The van der Waals surface area contributed by atoms with Crippen molar-refractivity contribution in [1.29, 1.82) is 0 Å². The number of benzene rings is 1. The topological polar surface area (TPSA) is 95.7 Å². The largest absolute Gasteiger partial charge is 0.478 e. The van der Waals surface area contributed by atoms with Gasteiger partial charge in [-0.25, -0.2) is 14.6 Å². The molecule has 0 radical (unpaired) electrons. The molecule has 29 heavy (non-hydrogen) atoms. The SMILES string of the molecule is FC(F)(F)c1nc2ccccc2n1C1CN2CCC1CC2.O=C(O)/C=C/C(=O)O. The molecule has 5 rings (SSSR count). The van der Waals surface area contributed by atoms with Crippen molar-refractivity contribution < 1.29 is 33.0 Å². The first-order valence-corrected chi connectivity index (χ1v) is 9.07. The van der Waals surface area contributed by atoms with Gasteiger partial charge < -0.3 is 19.7 Å². The summed E-state index contributed by atoms with van der Waals surface area (Å²) in [6, 6.07) is 6.80. The van der Waals surface area contributed by atoms with Gasteiger partial charge in [-0.2, -0.15) is 13.2 Å². The van der Waals surface area contributed by atoms with Gasteiger partial charge in [-0.1, -0.05) is 12.1 Å². The van der Waals surface area contributed by atoms with Crippen molar-refractivity contribution in [1.82, 2.24) is 14.5 Å². The normalized spacial score (nSPS) is 23.8. The van der Waals surface area contributed by atoms with Gasteiger partial charge in [-0.15, -0.1) is 0 Å². The van der Waals surface area contributed by atoms with Crippen LogP contribution in [0.1, 0.15) is 24.7 Å². The second-order valence-electron chi connectivity index (χ2n) is 7.01. The smallest absolute Gasteiger partial charge is 0.449 e. The van der Waals surface area contributed by atoms with Crippen molar-refractivity contribution in [2.75, 3.05) is 19.6 Å². The Morgan fingerprint density at radius 2 is 1.66 bits per heavy atom. The standard InChI is InChI=1S/C15H16F3N3.C4H4O4/c16-15(17,18)14-19-11-3-1-2-4-12(11)21(14)13-9-20-7-5-10(13)6-8-20;5-3(6)1-2-4(7)8/h1-4,10,13H,5-9H2;1-2H,(H,5,6)(H,7,8)/b;2-1+. The number of aliphatic carboxylic acids is 2. The summed E-state index contributed by atoms with van der Waals surface area (Å²) in [6.07, 6.45) is -1.33. The highest BCUT2D eigenvalue weighted by atomic mass is 19.4. The van der Waals surface area contributed by atoms with Crippen LogP contribution in [0.15, 0.2) is 36.4 Å². The number of carboxylic acids is 2. The van der Waals surface area contributed by atoms with Gasteiger partial charge in [0.05, 0.1) is 17.1 Å². The van der Waals surface area contributed by atoms with Gasteiger partial charge in [0.25, 0.3) is 0 Å². The summed E-state index contributed by atoms with van der Waals surface area (Å²) < 4.78 is 41.6. The summed E-state index contributed by atoms with van der Waals surface area (Å²) in [5.74, 6) is -2.93. The molecule has 2 N–H and O–H groups in total. The first-order valence-electron chi connectivity index (χ1n) is 9.07. The second kappa shape index (κ2) is 8.24. The summed E-state index contributed by atoms with van der Waals surface area (Å²) in [7, 11) is 0. The fourth-order valence-electron chi connectivity index (χ4n) is 3.95. The van der Waals surface area contributed by atoms with Gasteiger partial charge in [0.2, 0.25) is 5.82 Å². The number of carboxylic acid groups (broad SMARTS) is 2. The minimum absolute atomic E-state index is 0.114. The van der Waals surface area contributed by atoms with Crippen LogP contribution in [0, 0.1) is 5.92 Å². The maximum atomic E-state index is 13.4. The van der Waals surface area contributed by atoms with Crippen LogP contribution in [0.3, 0.4) is 0 Å². The number of carbonyl (C=O) groups is 2. The maximum absolute atomic E-state index is 13.4. The molecule has 2 bridgehead atoms. The monoisotopic (exact) mass is 411 g/mol. The van der Waals surface area contributed by atoms with Gasteiger partial charge in [0.15, 0.2) is 0 Å². The predicted octanol–water partition coefficient (Wildman–Crippen LogP) is 3.03. The molecule has 0 aliphatic carbocycles. The Hall–Kier alpha value is -2.88. The van der Waals surface area contributed by atoms with E-state index in [1.165, 1.54) is 4.57 Å². The van der Waals surface area contributed by atoms with Gasteiger partial charge in [-0.05, 0) is 44.0 Å². The number of rotatable bonds is 3. The molecule has 3 saturated heterocycles. The third-order valence-corrected chi connectivity index (χ3v) is 5.17. The summed E-state index contributed by atoms with van der Waals surface area (Å²) in [6.45, 7) is 2.72. The molecule has 0 spiro atoms. The van der Waals surface area contributed by atoms with Crippen LogP contribution in [-0.4, -0.2) is 56.2 Å². The lowest BCUT2D eigenvalue weighted by Crippen LogP contribution is -2.48. The van der Waals surface area contributed by atoms with Crippen molar-refractivity contribution in [2.45, 2.75) is 25.1 Å². The van der Waals surface area contributed by atoms with Gasteiger partial charge in [0.1, 0.15) is 0 Å². The molecule has 3 fully saturated rings. The van der Waals surface area contributed by atoms with Gasteiger partial charge >= 0.3 is 18.1 Å². The molecular weight excluding hydrogens is 391 g/mol. The highest BCUT2D eigenvalue weighted by Gasteiger charge is 2.43. The van der Waals surface area contributed by atoms with E-state index in [0.29, 0.717) is 35.6 Å². The molecule has 3 aliphatic heterocycles. The summed E-state index contributed by atoms with van der Waals surface area (Å²) >= 11 is 0. The number of hydrogen-bond acceptors (Lipinski definition) is 4. The van der Waals surface area contributed by atoms with E-state index in [-0.39, 0.29) is 6.04 Å². The Bertz CT molecular complexity index is 914. The van der Waals surface area contributed by atoms with E-state index in [9.17, 15) is 22.8 Å². The van der Waals surface area contributed by atoms with E-state index in [0.717, 1.165) is 25.9 Å². The highest BCUT2D eigenvalue weighted by Crippen LogP contribution is 2.41. The zero-order valence-corrected chi connectivity index (χ0v) is 15.3. The zero-order chi connectivity index (χ0) is 21.2. The summed E-state index contributed by atoms with van der Waals surface area (Å²) in [4.78, 5) is 25.2. The number of alkyl halides is 3. The van der Waals surface area contributed by atoms with Crippen molar-refractivity contribution in [3.8, 4) is 0 Å². The third-order valence-electron chi connectivity index (χ3n) is 5.17. The van der Waals surface area contributed by atoms with E-state index in [4.69, 9.17) is 10.2 Å². The Balaban J connectivity index is 0.000000258. The van der Waals surface area contributed by atoms with E-state index in [1.807, 2.05) is 0 Å². The quantitative estimate of drug-likeness (QED) is 0.754. The van der Waals surface area contributed by atoms with E-state index >= 15 is 0 Å². The van der Waals surface area contributed by atoms with Crippen LogP contribution < -0.4 is 0 Å². The minimum atomic E-state index is -4.41. The van der Waals surface area contributed by atoms with E-state index in [2.05, 4.69) is 9.88 Å². The number of piperidine rings is 3. The lowest BCUT2D eigenvalue weighted by Gasteiger charge is -2.45. The van der Waals surface area contributed by atoms with Crippen LogP contribution in [0.25, 0.3) is 11.0 Å². The van der Waals surface area contributed by atoms with E-state index < -0.39 is 23.9 Å². The maximum Gasteiger partial charge on any atom is 0.449 e. The molecule has 4 heterocycles. The molecule has 7 nitrogen and oxygen atoms in total. The molecule has 156 valence electrons. The first kappa shape index (κ1) is 20.8. The molecule has 1 aromatic heterocycles. The number of imidazole rings is 1. The van der Waals surface area contributed by atoms with Crippen LogP contribution in [0.4, 0.5) is 13.2 Å². The number of para-hydroxylation sites is 2. The molecule has 0 amide bonds. The lowest BCUT2D eigenvalue weighted by molar-refractivity contribution is -0.149. The first-order chi connectivity index (χ1) is 13.7. The summed E-state index contributed by atoms with van der Waals surface area (Å²) in [5.41, 5.74) is 1.03. The molecule has 0 saturated carbocycles. The average Bonchev–Trinajstić information content (AvgIpc) is 3.08. The van der Waals surface area contributed by atoms with Crippen LogP contribution in [0.2, 0.25) is 0 Å². The van der Waals surface area contributed by atoms with Gasteiger partial charge in [-0.3, -0.25) is 0 Å². The Labute approximate surface area is 164 Å². The molecule has 1 unspecified atom stereocenters. The molecule has 1 aromatic carbocycles. The van der Waals surface area contributed by atoms with Crippen LogP contribution >= 0.6 is 0 Å². The Morgan fingerprint density at radius 1 is 1.07 bits per heavy atom. The van der Waals surface area contributed by atoms with Crippen molar-refractivity contribution in [3.63, 3.8) is 0 Å². The summed E-state index contributed by atoms with van der Waals surface area (Å²) in [5, 5.41) is 15.6. The molecule has 10 heteroatoms. The van der Waals surface area contributed by atoms with Crippen LogP contribution in [0.5, 0.6) is 0 Å². The molecule has 2 aromatic rings. The lowest BCUT2D eigenvalue weighted by atomic mass is 9.83. The Kier molecular flexibility index (Phi) is 5.92. The van der Waals surface area contributed by atoms with Gasteiger partial charge in [0, 0.05) is 18.7 Å². The molecule has 3 aliphatic rings. The fraction of sp³-hybridized carbons (Fsp3) is 0.421. The molecule has 1 atom stereocenters. The number of fused-ring (bicyclic) bond motifs is 4. The minimum Gasteiger partial charge on any atom is -0.478 e. The van der Waals surface area contributed by atoms with E-state index in [1.54, 1.807) is 24.3 Å². The predicted molar refractivity (Wildman–Crippen MR) is 97.3 cm³/mol. The molecular formula is C19H20F3N3O4. The second-order valence-corrected chi connectivity index (χ2v) is 7.01.